The normalized spacial score (nSPS) is 14.8. The monoisotopic (exact) mass is 340 g/mol. The summed E-state index contributed by atoms with van der Waals surface area (Å²) in [6.07, 6.45) is 0. The van der Waals surface area contributed by atoms with E-state index in [1.807, 2.05) is 0 Å². The van der Waals surface area contributed by atoms with Crippen molar-refractivity contribution in [2.45, 2.75) is 52.4 Å². The molecule has 0 fully saturated rings. The molecule has 0 unspecified atom stereocenters. The molecule has 26 heavy (non-hydrogen) atoms. The molecule has 3 aromatic rings. The van der Waals surface area contributed by atoms with Crippen molar-refractivity contribution in [1.29, 1.82) is 0 Å². The lowest BCUT2D eigenvalue weighted by Gasteiger charge is -2.22. The van der Waals surface area contributed by atoms with Crippen LogP contribution in [0.1, 0.15) is 56.9 Å². The summed E-state index contributed by atoms with van der Waals surface area (Å²) in [7, 11) is 0. The number of benzene rings is 3. The van der Waals surface area contributed by atoms with E-state index < -0.39 is 0 Å². The second-order valence-corrected chi connectivity index (χ2v) is 9.26. The van der Waals surface area contributed by atoms with Crippen molar-refractivity contribution >= 4 is 0 Å². The van der Waals surface area contributed by atoms with E-state index in [2.05, 4.69) is 102 Å². The lowest BCUT2D eigenvalue weighted by atomic mass is 9.81. The molecule has 0 heteroatoms. The van der Waals surface area contributed by atoms with Gasteiger partial charge in [0.15, 0.2) is 0 Å². The van der Waals surface area contributed by atoms with E-state index in [-0.39, 0.29) is 10.8 Å². The summed E-state index contributed by atoms with van der Waals surface area (Å²) in [6.45, 7) is 13.7. The Kier molecular flexibility index (Phi) is 3.67. The van der Waals surface area contributed by atoms with E-state index >= 15 is 0 Å². The highest BCUT2D eigenvalue weighted by Crippen LogP contribution is 2.49. The number of rotatable bonds is 1. The van der Waals surface area contributed by atoms with E-state index in [4.69, 9.17) is 0 Å². The van der Waals surface area contributed by atoms with Gasteiger partial charge in [-0.15, -0.1) is 0 Å². The highest BCUT2D eigenvalue weighted by Gasteiger charge is 2.35. The molecule has 0 spiro atoms. The van der Waals surface area contributed by atoms with Crippen LogP contribution in [0.25, 0.3) is 22.3 Å². The largest absolute Gasteiger partial charge is 0.0590 e. The van der Waals surface area contributed by atoms with Crippen LogP contribution < -0.4 is 0 Å². The minimum absolute atomic E-state index is 0.0553. The van der Waals surface area contributed by atoms with Gasteiger partial charge >= 0.3 is 0 Å². The summed E-state index contributed by atoms with van der Waals surface area (Å²) in [6, 6.07) is 22.9. The van der Waals surface area contributed by atoms with Crippen molar-refractivity contribution < 1.29 is 0 Å². The van der Waals surface area contributed by atoms with Crippen LogP contribution in [0.5, 0.6) is 0 Å². The first-order chi connectivity index (χ1) is 12.2. The summed E-state index contributed by atoms with van der Waals surface area (Å²) in [5.41, 5.74) is 11.2. The molecule has 0 bridgehead atoms. The van der Waals surface area contributed by atoms with E-state index in [1.54, 1.807) is 0 Å². The van der Waals surface area contributed by atoms with Gasteiger partial charge in [-0.05, 0) is 57.3 Å². The molecule has 0 aliphatic heterocycles. The second kappa shape index (κ2) is 5.58. The smallest absolute Gasteiger partial charge is 0.0159 e. The zero-order valence-electron chi connectivity index (χ0n) is 16.8. The van der Waals surface area contributed by atoms with E-state index in [0.29, 0.717) is 0 Å². The minimum atomic E-state index is 0.0553. The Labute approximate surface area is 157 Å². The molecule has 0 saturated heterocycles. The van der Waals surface area contributed by atoms with Crippen LogP contribution in [0.4, 0.5) is 0 Å². The Bertz CT molecular complexity index is 980. The Hall–Kier alpha value is -2.34. The topological polar surface area (TPSA) is 0 Å². The van der Waals surface area contributed by atoms with Gasteiger partial charge in [0.2, 0.25) is 0 Å². The Morgan fingerprint density at radius 3 is 1.96 bits per heavy atom. The van der Waals surface area contributed by atoms with Crippen LogP contribution in [-0.2, 0) is 10.8 Å². The molecule has 1 aliphatic carbocycles. The quantitative estimate of drug-likeness (QED) is 0.437. The van der Waals surface area contributed by atoms with Crippen molar-refractivity contribution in [2.24, 2.45) is 0 Å². The Morgan fingerprint density at radius 2 is 1.31 bits per heavy atom. The molecule has 0 atom stereocenters. The first-order valence-electron chi connectivity index (χ1n) is 9.55. The maximum atomic E-state index is 2.40. The maximum absolute atomic E-state index is 2.40. The predicted octanol–water partition coefficient (Wildman–Crippen LogP) is 7.27. The van der Waals surface area contributed by atoms with Crippen molar-refractivity contribution in [3.8, 4) is 22.3 Å². The molecule has 0 aromatic heterocycles. The van der Waals surface area contributed by atoms with Crippen molar-refractivity contribution in [1.82, 2.24) is 0 Å². The lowest BCUT2D eigenvalue weighted by Crippen LogP contribution is -2.15. The molecule has 0 heterocycles. The van der Waals surface area contributed by atoms with Crippen molar-refractivity contribution in [3.63, 3.8) is 0 Å². The summed E-state index contributed by atoms with van der Waals surface area (Å²) in [5, 5.41) is 0. The SMILES string of the molecule is Cc1ccc2c(c1)-c1ccc(-c3ccc(C(C)(C)C)cc3)cc1C2(C)C. The van der Waals surface area contributed by atoms with Crippen molar-refractivity contribution in [3.05, 3.63) is 82.9 Å². The van der Waals surface area contributed by atoms with Gasteiger partial charge in [-0.1, -0.05) is 94.8 Å². The predicted molar refractivity (Wildman–Crippen MR) is 113 cm³/mol. The summed E-state index contributed by atoms with van der Waals surface area (Å²) >= 11 is 0. The standard InChI is InChI=1S/C26H28/c1-17-7-14-23-22(15-17)21-13-10-19(16-24(21)26(23,5)6)18-8-11-20(12-9-18)25(2,3)4/h7-16H,1-6H3. The highest BCUT2D eigenvalue weighted by molar-refractivity contribution is 5.83. The minimum Gasteiger partial charge on any atom is -0.0590 e. The molecule has 132 valence electrons. The first-order valence-corrected chi connectivity index (χ1v) is 9.55. The Balaban J connectivity index is 1.81. The van der Waals surface area contributed by atoms with Gasteiger partial charge in [0.25, 0.3) is 0 Å². The van der Waals surface area contributed by atoms with Gasteiger partial charge in [-0.3, -0.25) is 0 Å². The molecule has 0 amide bonds. The number of fused-ring (bicyclic) bond motifs is 3. The van der Waals surface area contributed by atoms with Gasteiger partial charge in [0.05, 0.1) is 0 Å². The van der Waals surface area contributed by atoms with Crippen LogP contribution in [0.15, 0.2) is 60.7 Å². The molecule has 0 nitrogen and oxygen atoms in total. The van der Waals surface area contributed by atoms with E-state index in [0.717, 1.165) is 0 Å². The molecular weight excluding hydrogens is 312 g/mol. The molecule has 0 N–H and O–H groups in total. The summed E-state index contributed by atoms with van der Waals surface area (Å²) in [5.74, 6) is 0. The fourth-order valence-electron chi connectivity index (χ4n) is 4.21. The van der Waals surface area contributed by atoms with Gasteiger partial charge in [-0.2, -0.15) is 0 Å². The van der Waals surface area contributed by atoms with Crippen molar-refractivity contribution in [2.75, 3.05) is 0 Å². The van der Waals surface area contributed by atoms with Crippen LogP contribution in [0, 0.1) is 6.92 Å². The highest BCUT2D eigenvalue weighted by atomic mass is 14.4. The molecule has 1 aliphatic rings. The second-order valence-electron chi connectivity index (χ2n) is 9.26. The Morgan fingerprint density at radius 1 is 0.654 bits per heavy atom. The lowest BCUT2D eigenvalue weighted by molar-refractivity contribution is 0.590. The van der Waals surface area contributed by atoms with Gasteiger partial charge in [-0.25, -0.2) is 0 Å². The zero-order valence-corrected chi connectivity index (χ0v) is 16.8. The molecule has 0 saturated carbocycles. The fraction of sp³-hybridized carbons (Fsp3) is 0.308. The van der Waals surface area contributed by atoms with E-state index in [1.165, 1.54) is 44.5 Å². The molecular formula is C26H28. The van der Waals surface area contributed by atoms with Gasteiger partial charge in [0.1, 0.15) is 0 Å². The summed E-state index contributed by atoms with van der Waals surface area (Å²) in [4.78, 5) is 0. The van der Waals surface area contributed by atoms with Crippen LogP contribution >= 0.6 is 0 Å². The summed E-state index contributed by atoms with van der Waals surface area (Å²) < 4.78 is 0. The zero-order chi connectivity index (χ0) is 18.7. The third kappa shape index (κ3) is 2.60. The maximum Gasteiger partial charge on any atom is 0.0159 e. The van der Waals surface area contributed by atoms with Crippen LogP contribution in [0.3, 0.4) is 0 Å². The van der Waals surface area contributed by atoms with Gasteiger partial charge < -0.3 is 0 Å². The molecule has 4 rings (SSSR count). The average molecular weight is 341 g/mol. The third-order valence-corrected chi connectivity index (χ3v) is 5.92. The fourth-order valence-corrected chi connectivity index (χ4v) is 4.21. The molecule has 0 radical (unpaired) electrons. The molecule has 3 aromatic carbocycles. The first kappa shape index (κ1) is 17.1. The van der Waals surface area contributed by atoms with Gasteiger partial charge in [0, 0.05) is 5.41 Å². The third-order valence-electron chi connectivity index (χ3n) is 5.92. The average Bonchev–Trinajstić information content (AvgIpc) is 2.81. The number of hydrogen-bond donors (Lipinski definition) is 0. The number of aryl methyl sites for hydroxylation is 1. The number of hydrogen-bond acceptors (Lipinski definition) is 0. The van der Waals surface area contributed by atoms with Crippen LogP contribution in [-0.4, -0.2) is 0 Å². The van der Waals surface area contributed by atoms with Crippen LogP contribution in [0.2, 0.25) is 0 Å². The van der Waals surface area contributed by atoms with E-state index in [9.17, 15) is 0 Å².